The number of nitrogens with zero attached hydrogens (tertiary/aromatic N) is 4. The third-order valence-corrected chi connectivity index (χ3v) is 5.09. The van der Waals surface area contributed by atoms with E-state index >= 15 is 0 Å². The first-order chi connectivity index (χ1) is 15.7. The van der Waals surface area contributed by atoms with Crippen LogP contribution in [0.5, 0.6) is 5.75 Å². The van der Waals surface area contributed by atoms with Crippen molar-refractivity contribution in [3.63, 3.8) is 0 Å². The van der Waals surface area contributed by atoms with E-state index in [1.807, 2.05) is 53.2 Å². The highest BCUT2D eigenvalue weighted by Crippen LogP contribution is 2.24. The quantitative estimate of drug-likeness (QED) is 0.563. The van der Waals surface area contributed by atoms with Crippen molar-refractivity contribution in [1.29, 1.82) is 0 Å². The number of nitrogens with one attached hydrogen (secondary N) is 1. The molecule has 0 saturated heterocycles. The van der Waals surface area contributed by atoms with Crippen molar-refractivity contribution in [2.45, 2.75) is 25.8 Å². The number of anilines is 1. The van der Waals surface area contributed by atoms with Crippen molar-refractivity contribution in [3.8, 4) is 5.75 Å². The summed E-state index contributed by atoms with van der Waals surface area (Å²) in [5.74, 6) is 0.190. The van der Waals surface area contributed by atoms with Crippen molar-refractivity contribution in [2.75, 3.05) is 18.5 Å². The van der Waals surface area contributed by atoms with Gasteiger partial charge < -0.3 is 14.6 Å². The molecule has 0 spiro atoms. The van der Waals surface area contributed by atoms with E-state index in [4.69, 9.17) is 4.74 Å². The molecule has 1 aliphatic rings. The summed E-state index contributed by atoms with van der Waals surface area (Å²) in [7, 11) is 0. The molecule has 0 radical (unpaired) electrons. The number of ether oxygens (including phenoxy) is 1. The van der Waals surface area contributed by atoms with Crippen LogP contribution in [0, 0.1) is 0 Å². The van der Waals surface area contributed by atoms with E-state index in [0.717, 1.165) is 11.3 Å². The number of hydrazone groups is 1. The highest BCUT2D eigenvalue weighted by atomic mass is 16.5. The van der Waals surface area contributed by atoms with Crippen LogP contribution in [0.4, 0.5) is 5.69 Å². The number of carbonyl (C=O) groups is 2. The molecule has 0 unspecified atom stereocenters. The second-order valence-electron chi connectivity index (χ2n) is 7.37. The van der Waals surface area contributed by atoms with Crippen LogP contribution in [-0.4, -0.2) is 45.2 Å². The Bertz CT molecular complexity index is 1080. The first kappa shape index (κ1) is 21.3. The van der Waals surface area contributed by atoms with Gasteiger partial charge in [0, 0.05) is 31.7 Å². The molecular weight excluding hydrogens is 406 g/mol. The van der Waals surface area contributed by atoms with Gasteiger partial charge in [0.1, 0.15) is 12.4 Å². The Balaban J connectivity index is 1.26. The Hall–Kier alpha value is -3.94. The van der Waals surface area contributed by atoms with Gasteiger partial charge in [-0.25, -0.2) is 9.99 Å². The van der Waals surface area contributed by atoms with E-state index in [0.29, 0.717) is 37.6 Å². The average molecular weight is 431 g/mol. The van der Waals surface area contributed by atoms with Crippen molar-refractivity contribution < 1.29 is 14.3 Å². The Morgan fingerprint density at radius 1 is 1.03 bits per heavy atom. The summed E-state index contributed by atoms with van der Waals surface area (Å²) in [6.45, 7) is 1.63. The Labute approximate surface area is 186 Å². The summed E-state index contributed by atoms with van der Waals surface area (Å²) in [6.07, 6.45) is 6.19. The van der Waals surface area contributed by atoms with Crippen LogP contribution in [-0.2, 0) is 16.1 Å². The van der Waals surface area contributed by atoms with Gasteiger partial charge in [0.25, 0.3) is 0 Å². The predicted molar refractivity (Wildman–Crippen MR) is 121 cm³/mol. The fraction of sp³-hybridized carbons (Fsp3) is 0.250. The van der Waals surface area contributed by atoms with Crippen LogP contribution in [0.2, 0.25) is 0 Å². The van der Waals surface area contributed by atoms with Gasteiger partial charge in [-0.15, -0.1) is 0 Å². The maximum atomic E-state index is 12.5. The van der Waals surface area contributed by atoms with Gasteiger partial charge in [-0.05, 0) is 17.7 Å². The lowest BCUT2D eigenvalue weighted by Crippen LogP contribution is -2.25. The minimum Gasteiger partial charge on any atom is -0.490 e. The highest BCUT2D eigenvalue weighted by molar-refractivity contribution is 6.02. The maximum Gasteiger partial charge on any atom is 0.243 e. The summed E-state index contributed by atoms with van der Waals surface area (Å²) in [5, 5.41) is 8.74. The first-order valence-electron chi connectivity index (χ1n) is 10.6. The molecule has 164 valence electrons. The lowest BCUT2D eigenvalue weighted by molar-refractivity contribution is -0.132. The molecule has 0 fully saturated rings. The van der Waals surface area contributed by atoms with Gasteiger partial charge in [0.2, 0.25) is 11.8 Å². The van der Waals surface area contributed by atoms with Gasteiger partial charge in [0.15, 0.2) is 0 Å². The second kappa shape index (κ2) is 10.4. The van der Waals surface area contributed by atoms with Crippen LogP contribution in [0.1, 0.15) is 24.8 Å². The van der Waals surface area contributed by atoms with E-state index in [9.17, 15) is 9.59 Å². The molecule has 8 nitrogen and oxygen atoms in total. The molecule has 0 atom stereocenters. The topological polar surface area (TPSA) is 88.8 Å². The monoisotopic (exact) mass is 431 g/mol. The number of benzene rings is 2. The van der Waals surface area contributed by atoms with Crippen molar-refractivity contribution >= 4 is 23.2 Å². The molecular formula is C24H25N5O3. The fourth-order valence-corrected chi connectivity index (χ4v) is 3.41. The van der Waals surface area contributed by atoms with E-state index in [2.05, 4.69) is 15.4 Å². The summed E-state index contributed by atoms with van der Waals surface area (Å²) >= 11 is 0. The van der Waals surface area contributed by atoms with Crippen LogP contribution in [0.3, 0.4) is 0 Å². The van der Waals surface area contributed by atoms with E-state index in [1.54, 1.807) is 24.7 Å². The summed E-state index contributed by atoms with van der Waals surface area (Å²) < 4.78 is 7.73. The number of aromatic nitrogens is 2. The number of carbonyl (C=O) groups excluding carboxylic acids is 2. The average Bonchev–Trinajstić information content (AvgIpc) is 3.52. The molecule has 0 bridgehead atoms. The molecule has 2 heterocycles. The van der Waals surface area contributed by atoms with Gasteiger partial charge in [-0.1, -0.05) is 42.5 Å². The zero-order chi connectivity index (χ0) is 22.2. The summed E-state index contributed by atoms with van der Waals surface area (Å²) in [6, 6.07) is 17.1. The number of imidazole rings is 1. The Morgan fingerprint density at radius 3 is 2.66 bits per heavy atom. The standard InChI is InChI=1S/C24H25N5O3/c30-23(10-11-24(31)29-14-12-20(27-29)19-6-2-1-3-7-19)26-21-8-4-5-9-22(21)32-17-16-28-15-13-25-18-28/h1-9,13,15,18H,10-12,14,16-17H2,(H,26,30). The first-order valence-corrected chi connectivity index (χ1v) is 10.6. The largest absolute Gasteiger partial charge is 0.490 e. The Kier molecular flexibility index (Phi) is 6.91. The number of amides is 2. The molecule has 0 saturated carbocycles. The minimum atomic E-state index is -0.240. The van der Waals surface area contributed by atoms with Gasteiger partial charge >= 0.3 is 0 Å². The second-order valence-corrected chi connectivity index (χ2v) is 7.37. The van der Waals surface area contributed by atoms with Gasteiger partial charge in [-0.3, -0.25) is 9.59 Å². The number of rotatable bonds is 9. The Morgan fingerprint density at radius 2 is 1.84 bits per heavy atom. The fourth-order valence-electron chi connectivity index (χ4n) is 3.41. The van der Waals surface area contributed by atoms with Gasteiger partial charge in [-0.2, -0.15) is 5.10 Å². The number of hydrogen-bond acceptors (Lipinski definition) is 5. The molecule has 4 rings (SSSR count). The van der Waals surface area contributed by atoms with Crippen molar-refractivity contribution in [2.24, 2.45) is 5.10 Å². The van der Waals surface area contributed by atoms with Crippen LogP contribution in [0.15, 0.2) is 78.4 Å². The summed E-state index contributed by atoms with van der Waals surface area (Å²) in [5.41, 5.74) is 2.50. The molecule has 1 N–H and O–H groups in total. The van der Waals surface area contributed by atoms with Gasteiger partial charge in [0.05, 0.1) is 30.8 Å². The van der Waals surface area contributed by atoms with E-state index in [-0.39, 0.29) is 24.7 Å². The maximum absolute atomic E-state index is 12.5. The van der Waals surface area contributed by atoms with Crippen LogP contribution in [0.25, 0.3) is 0 Å². The minimum absolute atomic E-state index is 0.0783. The predicted octanol–water partition coefficient (Wildman–Crippen LogP) is 3.32. The van der Waals surface area contributed by atoms with E-state index < -0.39 is 0 Å². The molecule has 1 aromatic heterocycles. The van der Waals surface area contributed by atoms with E-state index in [1.165, 1.54) is 5.01 Å². The number of para-hydroxylation sites is 2. The molecule has 32 heavy (non-hydrogen) atoms. The molecule has 0 aliphatic carbocycles. The highest BCUT2D eigenvalue weighted by Gasteiger charge is 2.22. The smallest absolute Gasteiger partial charge is 0.243 e. The molecule has 2 aromatic carbocycles. The lowest BCUT2D eigenvalue weighted by Gasteiger charge is -2.14. The SMILES string of the molecule is O=C(CCC(=O)N1CCC(c2ccccc2)=N1)Nc1ccccc1OCCn1ccnc1. The van der Waals surface area contributed by atoms with Crippen molar-refractivity contribution in [3.05, 3.63) is 78.9 Å². The van der Waals surface area contributed by atoms with Crippen molar-refractivity contribution in [1.82, 2.24) is 14.6 Å². The third-order valence-electron chi connectivity index (χ3n) is 5.09. The molecule has 2 amide bonds. The third kappa shape index (κ3) is 5.60. The number of hydrogen-bond donors (Lipinski definition) is 1. The molecule has 3 aromatic rings. The zero-order valence-electron chi connectivity index (χ0n) is 17.7. The van der Waals surface area contributed by atoms with Crippen LogP contribution >= 0.6 is 0 Å². The van der Waals surface area contributed by atoms with Crippen LogP contribution < -0.4 is 10.1 Å². The molecule has 1 aliphatic heterocycles. The molecule has 8 heteroatoms. The zero-order valence-corrected chi connectivity index (χ0v) is 17.7. The summed E-state index contributed by atoms with van der Waals surface area (Å²) in [4.78, 5) is 29.0. The normalized spacial score (nSPS) is 13.0. The lowest BCUT2D eigenvalue weighted by atomic mass is 10.1.